The molecule has 2 unspecified atom stereocenters. The minimum atomic E-state index is -0.570. The Morgan fingerprint density at radius 3 is 2.42 bits per heavy atom. The van der Waals surface area contributed by atoms with Gasteiger partial charge < -0.3 is 15.3 Å². The van der Waals surface area contributed by atoms with E-state index in [1.807, 2.05) is 6.08 Å². The van der Waals surface area contributed by atoms with Crippen LogP contribution >= 0.6 is 0 Å². The molecule has 2 aliphatic rings. The van der Waals surface area contributed by atoms with E-state index in [9.17, 15) is 20.1 Å². The van der Waals surface area contributed by atoms with Crippen LogP contribution in [0.25, 0.3) is 6.08 Å². The van der Waals surface area contributed by atoms with Gasteiger partial charge in [0.15, 0.2) is 17.8 Å². The van der Waals surface area contributed by atoms with Crippen LogP contribution in [0.2, 0.25) is 0 Å². The average Bonchev–Trinajstić information content (AvgIpc) is 2.55. The molecule has 2 fully saturated rings. The number of phenolic OH excluding ortho intramolecular Hbond substituents is 3. The Hall–Kier alpha value is -1.97. The molecule has 3 N–H and O–H groups in total. The standard InChI is InChI=1S/C22H30O4/c1-13-6-7-18-21(2,3)8-5-9-22(18,4)16(13)10-14-11-17(24)20(26)15(12-23)19(14)25/h10-13,18,24-26H,5-9H2,1-4H3/b16-10+/t13?,18-,22?/m0/s1. The Bertz CT molecular complexity index is 762. The maximum atomic E-state index is 11.2. The van der Waals surface area contributed by atoms with E-state index in [0.717, 1.165) is 12.8 Å². The molecule has 1 aromatic carbocycles. The van der Waals surface area contributed by atoms with Crippen LogP contribution in [0, 0.1) is 22.7 Å². The van der Waals surface area contributed by atoms with E-state index in [-0.39, 0.29) is 27.9 Å². The van der Waals surface area contributed by atoms with Crippen LogP contribution in [0.1, 0.15) is 75.7 Å². The van der Waals surface area contributed by atoms with Gasteiger partial charge in [0.05, 0.1) is 0 Å². The number of aromatic hydroxyl groups is 3. The molecule has 3 atom stereocenters. The summed E-state index contributed by atoms with van der Waals surface area (Å²) >= 11 is 0. The van der Waals surface area contributed by atoms with Crippen molar-refractivity contribution in [2.24, 2.45) is 22.7 Å². The molecule has 0 saturated heterocycles. The van der Waals surface area contributed by atoms with Crippen molar-refractivity contribution in [2.75, 3.05) is 0 Å². The van der Waals surface area contributed by atoms with Gasteiger partial charge in [0.25, 0.3) is 0 Å². The lowest BCUT2D eigenvalue weighted by Gasteiger charge is -2.56. The third kappa shape index (κ3) is 2.80. The van der Waals surface area contributed by atoms with E-state index in [2.05, 4.69) is 27.7 Å². The van der Waals surface area contributed by atoms with E-state index < -0.39 is 5.75 Å². The molecule has 142 valence electrons. The van der Waals surface area contributed by atoms with E-state index in [0.29, 0.717) is 23.7 Å². The molecule has 26 heavy (non-hydrogen) atoms. The van der Waals surface area contributed by atoms with Crippen LogP contribution in [0.4, 0.5) is 0 Å². The Morgan fingerprint density at radius 2 is 1.77 bits per heavy atom. The van der Waals surface area contributed by atoms with Crippen molar-refractivity contribution in [3.63, 3.8) is 0 Å². The summed E-state index contributed by atoms with van der Waals surface area (Å²) in [6.07, 6.45) is 8.15. The van der Waals surface area contributed by atoms with Crippen molar-refractivity contribution < 1.29 is 20.1 Å². The second kappa shape index (κ2) is 6.33. The number of carbonyl (C=O) groups excluding carboxylic acids is 1. The Balaban J connectivity index is 2.15. The molecule has 2 saturated carbocycles. The smallest absolute Gasteiger partial charge is 0.171 e. The number of carbonyl (C=O) groups is 1. The minimum absolute atomic E-state index is 0.0424. The number of hydrogen-bond donors (Lipinski definition) is 3. The fraction of sp³-hybridized carbons (Fsp3) is 0.591. The second-order valence-electron chi connectivity index (χ2n) is 9.10. The number of phenols is 3. The first-order valence-electron chi connectivity index (χ1n) is 9.57. The van der Waals surface area contributed by atoms with Crippen LogP contribution in [-0.4, -0.2) is 21.6 Å². The highest BCUT2D eigenvalue weighted by Gasteiger charge is 2.51. The summed E-state index contributed by atoms with van der Waals surface area (Å²) in [5, 5.41) is 30.2. The summed E-state index contributed by atoms with van der Waals surface area (Å²) in [7, 11) is 0. The molecule has 0 bridgehead atoms. The second-order valence-corrected chi connectivity index (χ2v) is 9.10. The van der Waals surface area contributed by atoms with Gasteiger partial charge in [-0.05, 0) is 54.4 Å². The monoisotopic (exact) mass is 358 g/mol. The summed E-state index contributed by atoms with van der Waals surface area (Å²) in [6, 6.07) is 1.35. The summed E-state index contributed by atoms with van der Waals surface area (Å²) in [6.45, 7) is 9.26. The fourth-order valence-corrected chi connectivity index (χ4v) is 5.70. The fourth-order valence-electron chi connectivity index (χ4n) is 5.70. The van der Waals surface area contributed by atoms with Crippen molar-refractivity contribution in [3.8, 4) is 17.2 Å². The molecule has 0 heterocycles. The largest absolute Gasteiger partial charge is 0.506 e. The number of rotatable bonds is 2. The maximum Gasteiger partial charge on any atom is 0.171 e. The van der Waals surface area contributed by atoms with Crippen molar-refractivity contribution in [3.05, 3.63) is 22.8 Å². The average molecular weight is 358 g/mol. The van der Waals surface area contributed by atoms with E-state index in [4.69, 9.17) is 0 Å². The number of fused-ring (bicyclic) bond motifs is 1. The van der Waals surface area contributed by atoms with Gasteiger partial charge in [-0.15, -0.1) is 0 Å². The molecule has 0 aliphatic heterocycles. The summed E-state index contributed by atoms with van der Waals surface area (Å²) in [4.78, 5) is 11.2. The zero-order valence-electron chi connectivity index (χ0n) is 16.2. The van der Waals surface area contributed by atoms with Crippen molar-refractivity contribution in [1.82, 2.24) is 0 Å². The summed E-state index contributed by atoms with van der Waals surface area (Å²) in [5.74, 6) is -0.273. The van der Waals surface area contributed by atoms with Gasteiger partial charge in [0, 0.05) is 5.56 Å². The molecule has 4 heteroatoms. The molecule has 2 aliphatic carbocycles. The number of aldehydes is 1. The zero-order valence-corrected chi connectivity index (χ0v) is 16.2. The highest BCUT2D eigenvalue weighted by atomic mass is 16.3. The molecule has 0 amide bonds. The Labute approximate surface area is 155 Å². The normalized spacial score (nSPS) is 32.2. The quantitative estimate of drug-likeness (QED) is 0.383. The summed E-state index contributed by atoms with van der Waals surface area (Å²) in [5.41, 5.74) is 1.74. The van der Waals surface area contributed by atoms with Crippen LogP contribution in [0.5, 0.6) is 17.2 Å². The molecule has 1 aromatic rings. The van der Waals surface area contributed by atoms with Gasteiger partial charge in [-0.2, -0.15) is 0 Å². The maximum absolute atomic E-state index is 11.2. The lowest BCUT2D eigenvalue weighted by atomic mass is 9.48. The highest BCUT2D eigenvalue weighted by molar-refractivity contribution is 5.88. The lowest BCUT2D eigenvalue weighted by molar-refractivity contribution is -0.00534. The van der Waals surface area contributed by atoms with Crippen LogP contribution in [0.15, 0.2) is 11.6 Å². The molecule has 3 rings (SSSR count). The molecular weight excluding hydrogens is 328 g/mol. The first kappa shape index (κ1) is 18.8. The van der Waals surface area contributed by atoms with Gasteiger partial charge in [0.2, 0.25) is 0 Å². The zero-order chi connectivity index (χ0) is 19.3. The Kier molecular flexibility index (Phi) is 4.58. The third-order valence-corrected chi connectivity index (χ3v) is 7.06. The van der Waals surface area contributed by atoms with Crippen molar-refractivity contribution >= 4 is 12.4 Å². The number of allylic oxidation sites excluding steroid dienone is 1. The molecular formula is C22H30O4. The molecule has 4 nitrogen and oxygen atoms in total. The number of hydrogen-bond acceptors (Lipinski definition) is 4. The third-order valence-electron chi connectivity index (χ3n) is 7.06. The Morgan fingerprint density at radius 1 is 1.08 bits per heavy atom. The van der Waals surface area contributed by atoms with E-state index >= 15 is 0 Å². The first-order valence-corrected chi connectivity index (χ1v) is 9.57. The van der Waals surface area contributed by atoms with Crippen LogP contribution in [-0.2, 0) is 0 Å². The molecule has 0 aromatic heterocycles. The van der Waals surface area contributed by atoms with Gasteiger partial charge >= 0.3 is 0 Å². The molecule has 0 spiro atoms. The topological polar surface area (TPSA) is 77.8 Å². The first-order chi connectivity index (χ1) is 12.1. The minimum Gasteiger partial charge on any atom is -0.506 e. The van der Waals surface area contributed by atoms with Crippen LogP contribution in [0.3, 0.4) is 0 Å². The van der Waals surface area contributed by atoms with Gasteiger partial charge in [-0.3, -0.25) is 4.79 Å². The SMILES string of the molecule is CC1CC[C@H]2C(C)(C)CCCC2(C)/C1=C/c1cc(O)c(O)c(C=O)c1O. The number of benzene rings is 1. The van der Waals surface area contributed by atoms with Gasteiger partial charge in [-0.1, -0.05) is 45.8 Å². The van der Waals surface area contributed by atoms with Crippen LogP contribution < -0.4 is 0 Å². The lowest BCUT2D eigenvalue weighted by Crippen LogP contribution is -2.47. The summed E-state index contributed by atoms with van der Waals surface area (Å²) < 4.78 is 0. The van der Waals surface area contributed by atoms with Crippen molar-refractivity contribution in [2.45, 2.75) is 59.8 Å². The van der Waals surface area contributed by atoms with Gasteiger partial charge in [0.1, 0.15) is 11.3 Å². The predicted octanol–water partition coefficient (Wildman–Crippen LogP) is 5.26. The van der Waals surface area contributed by atoms with Crippen molar-refractivity contribution in [1.29, 1.82) is 0 Å². The van der Waals surface area contributed by atoms with Gasteiger partial charge in [-0.25, -0.2) is 0 Å². The van der Waals surface area contributed by atoms with E-state index in [1.54, 1.807) is 0 Å². The molecule has 0 radical (unpaired) electrons. The highest BCUT2D eigenvalue weighted by Crippen LogP contribution is 2.61. The predicted molar refractivity (Wildman–Crippen MR) is 102 cm³/mol. The van der Waals surface area contributed by atoms with E-state index in [1.165, 1.54) is 30.9 Å².